The summed E-state index contributed by atoms with van der Waals surface area (Å²) in [5, 5.41) is 8.65. The first-order valence-electron chi connectivity index (χ1n) is 5.94. The van der Waals surface area contributed by atoms with Gasteiger partial charge in [0, 0.05) is 12.5 Å². The smallest absolute Gasteiger partial charge is 0.242 e. The van der Waals surface area contributed by atoms with Gasteiger partial charge in [-0.25, -0.2) is 0 Å². The van der Waals surface area contributed by atoms with Gasteiger partial charge in [-0.05, 0) is 39.8 Å². The Hall–Kier alpha value is -1.10. The zero-order chi connectivity index (χ0) is 12.0. The molecule has 0 spiro atoms. The summed E-state index contributed by atoms with van der Waals surface area (Å²) in [4.78, 5) is 23.2. The molecule has 1 unspecified atom stereocenters. The van der Waals surface area contributed by atoms with Crippen LogP contribution in [0.1, 0.15) is 26.7 Å². The van der Waals surface area contributed by atoms with E-state index >= 15 is 0 Å². The van der Waals surface area contributed by atoms with Crippen molar-refractivity contribution in [3.8, 4) is 0 Å². The Morgan fingerprint density at radius 3 is 2.56 bits per heavy atom. The topological polar surface area (TPSA) is 70.2 Å². The number of likely N-dealkylation sites (N-methyl/N-ethyl adjacent to an activating group) is 1. The highest BCUT2D eigenvalue weighted by Crippen LogP contribution is 2.11. The van der Waals surface area contributed by atoms with E-state index in [1.807, 2.05) is 6.92 Å². The molecule has 1 rings (SSSR count). The summed E-state index contributed by atoms with van der Waals surface area (Å²) < 4.78 is 0. The second kappa shape index (κ2) is 6.48. The van der Waals surface area contributed by atoms with E-state index in [-0.39, 0.29) is 17.7 Å². The number of carbonyl (C=O) groups is 2. The van der Waals surface area contributed by atoms with Crippen molar-refractivity contribution in [3.05, 3.63) is 0 Å². The lowest BCUT2D eigenvalue weighted by molar-refractivity contribution is -0.131. The van der Waals surface area contributed by atoms with Gasteiger partial charge in [0.25, 0.3) is 0 Å². The van der Waals surface area contributed by atoms with Crippen molar-refractivity contribution in [2.24, 2.45) is 5.92 Å². The van der Waals surface area contributed by atoms with E-state index < -0.39 is 6.04 Å². The molecule has 0 aromatic carbocycles. The molecule has 0 bridgehead atoms. The van der Waals surface area contributed by atoms with Crippen LogP contribution in [0.5, 0.6) is 0 Å². The van der Waals surface area contributed by atoms with Crippen LogP contribution >= 0.6 is 0 Å². The highest BCUT2D eigenvalue weighted by atomic mass is 16.2. The number of amides is 2. The monoisotopic (exact) mass is 227 g/mol. The fourth-order valence-electron chi connectivity index (χ4n) is 1.81. The summed E-state index contributed by atoms with van der Waals surface area (Å²) in [5.41, 5.74) is 0. The minimum atomic E-state index is -0.442. The first-order valence-corrected chi connectivity index (χ1v) is 5.94. The van der Waals surface area contributed by atoms with Crippen molar-refractivity contribution in [3.63, 3.8) is 0 Å². The van der Waals surface area contributed by atoms with Crippen LogP contribution in [0.2, 0.25) is 0 Å². The number of hydrogen-bond acceptors (Lipinski definition) is 3. The summed E-state index contributed by atoms with van der Waals surface area (Å²) in [7, 11) is 0. The zero-order valence-electron chi connectivity index (χ0n) is 10.0. The predicted molar refractivity (Wildman–Crippen MR) is 61.9 cm³/mol. The summed E-state index contributed by atoms with van der Waals surface area (Å²) in [6.45, 7) is 5.93. The van der Waals surface area contributed by atoms with Gasteiger partial charge in [-0.1, -0.05) is 0 Å². The molecule has 1 aliphatic rings. The molecular formula is C11H21N3O2. The fraction of sp³-hybridized carbons (Fsp3) is 0.818. The van der Waals surface area contributed by atoms with Crippen LogP contribution in [-0.2, 0) is 9.59 Å². The normalized spacial score (nSPS) is 18.9. The minimum absolute atomic E-state index is 0.000234. The third kappa shape index (κ3) is 3.81. The standard InChI is InChI=1S/C11H21N3O2/c1-3-13-10(15)8(2)14-11(16)9-4-6-12-7-5-9/h8-9,12H,3-7H2,1-2H3,(H,13,15)(H,14,16). The van der Waals surface area contributed by atoms with Crippen molar-refractivity contribution in [2.75, 3.05) is 19.6 Å². The van der Waals surface area contributed by atoms with E-state index in [1.165, 1.54) is 0 Å². The van der Waals surface area contributed by atoms with Crippen molar-refractivity contribution < 1.29 is 9.59 Å². The van der Waals surface area contributed by atoms with Gasteiger partial charge in [-0.3, -0.25) is 9.59 Å². The second-order valence-electron chi connectivity index (χ2n) is 4.15. The Bertz CT molecular complexity index is 250. The van der Waals surface area contributed by atoms with Crippen LogP contribution in [-0.4, -0.2) is 37.5 Å². The van der Waals surface area contributed by atoms with E-state index in [0.29, 0.717) is 6.54 Å². The molecule has 0 aliphatic carbocycles. The summed E-state index contributed by atoms with van der Waals surface area (Å²) >= 11 is 0. The molecule has 0 aromatic rings. The molecule has 0 saturated carbocycles. The van der Waals surface area contributed by atoms with E-state index in [9.17, 15) is 9.59 Å². The van der Waals surface area contributed by atoms with Gasteiger partial charge in [0.15, 0.2) is 0 Å². The van der Waals surface area contributed by atoms with Crippen LogP contribution in [0.4, 0.5) is 0 Å². The summed E-state index contributed by atoms with van der Waals surface area (Å²) in [6, 6.07) is -0.442. The zero-order valence-corrected chi connectivity index (χ0v) is 10.0. The molecule has 1 saturated heterocycles. The van der Waals surface area contributed by atoms with E-state index in [2.05, 4.69) is 16.0 Å². The van der Waals surface area contributed by atoms with Gasteiger partial charge in [0.2, 0.25) is 11.8 Å². The molecule has 5 heteroatoms. The largest absolute Gasteiger partial charge is 0.355 e. The number of rotatable bonds is 4. The van der Waals surface area contributed by atoms with Gasteiger partial charge in [-0.2, -0.15) is 0 Å². The van der Waals surface area contributed by atoms with Crippen molar-refractivity contribution in [2.45, 2.75) is 32.7 Å². The Balaban J connectivity index is 2.34. The molecule has 5 nitrogen and oxygen atoms in total. The first-order chi connectivity index (χ1) is 7.65. The van der Waals surface area contributed by atoms with Gasteiger partial charge in [-0.15, -0.1) is 0 Å². The number of hydrogen-bond donors (Lipinski definition) is 3. The Kier molecular flexibility index (Phi) is 5.25. The third-order valence-corrected chi connectivity index (χ3v) is 2.81. The van der Waals surface area contributed by atoms with Gasteiger partial charge >= 0.3 is 0 Å². The lowest BCUT2D eigenvalue weighted by atomic mass is 9.97. The van der Waals surface area contributed by atoms with Crippen LogP contribution in [0, 0.1) is 5.92 Å². The van der Waals surface area contributed by atoms with E-state index in [0.717, 1.165) is 25.9 Å². The summed E-state index contributed by atoms with van der Waals surface area (Å²) in [6.07, 6.45) is 1.71. The highest BCUT2D eigenvalue weighted by Gasteiger charge is 2.23. The molecule has 0 aromatic heterocycles. The maximum Gasteiger partial charge on any atom is 0.242 e. The molecule has 3 N–H and O–H groups in total. The van der Waals surface area contributed by atoms with Crippen LogP contribution in [0.3, 0.4) is 0 Å². The molecule has 1 fully saturated rings. The molecule has 1 heterocycles. The highest BCUT2D eigenvalue weighted by molar-refractivity contribution is 5.88. The third-order valence-electron chi connectivity index (χ3n) is 2.81. The molecule has 16 heavy (non-hydrogen) atoms. The van der Waals surface area contributed by atoms with E-state index in [4.69, 9.17) is 0 Å². The minimum Gasteiger partial charge on any atom is -0.355 e. The maximum absolute atomic E-state index is 11.8. The quantitative estimate of drug-likeness (QED) is 0.613. The average molecular weight is 227 g/mol. The lowest BCUT2D eigenvalue weighted by Gasteiger charge is -2.23. The van der Waals surface area contributed by atoms with Gasteiger partial charge < -0.3 is 16.0 Å². The summed E-state index contributed by atoms with van der Waals surface area (Å²) in [5.74, 6) is -0.0665. The Morgan fingerprint density at radius 1 is 1.38 bits per heavy atom. The SMILES string of the molecule is CCNC(=O)C(C)NC(=O)C1CCNCC1. The predicted octanol–water partition coefficient (Wildman–Crippen LogP) is -0.373. The van der Waals surface area contributed by atoms with Crippen LogP contribution < -0.4 is 16.0 Å². The van der Waals surface area contributed by atoms with Gasteiger partial charge in [0.1, 0.15) is 6.04 Å². The maximum atomic E-state index is 11.8. The van der Waals surface area contributed by atoms with E-state index in [1.54, 1.807) is 6.92 Å². The first kappa shape index (κ1) is 13.0. The number of nitrogens with one attached hydrogen (secondary N) is 3. The number of piperidine rings is 1. The van der Waals surface area contributed by atoms with Crippen molar-refractivity contribution in [1.82, 2.24) is 16.0 Å². The Labute approximate surface area is 96.4 Å². The lowest BCUT2D eigenvalue weighted by Crippen LogP contribution is -2.48. The molecule has 2 amide bonds. The van der Waals surface area contributed by atoms with Crippen LogP contribution in [0.15, 0.2) is 0 Å². The fourth-order valence-corrected chi connectivity index (χ4v) is 1.81. The molecular weight excluding hydrogens is 206 g/mol. The molecule has 92 valence electrons. The number of carbonyl (C=O) groups excluding carboxylic acids is 2. The van der Waals surface area contributed by atoms with Crippen molar-refractivity contribution >= 4 is 11.8 Å². The van der Waals surface area contributed by atoms with Crippen molar-refractivity contribution in [1.29, 1.82) is 0 Å². The molecule has 1 aliphatic heterocycles. The Morgan fingerprint density at radius 2 is 2.00 bits per heavy atom. The van der Waals surface area contributed by atoms with Gasteiger partial charge in [0.05, 0.1) is 0 Å². The molecule has 1 atom stereocenters. The second-order valence-corrected chi connectivity index (χ2v) is 4.15. The average Bonchev–Trinajstić information content (AvgIpc) is 2.30. The van der Waals surface area contributed by atoms with Crippen LogP contribution in [0.25, 0.3) is 0 Å². The molecule has 0 radical (unpaired) electrons.